The van der Waals surface area contributed by atoms with Gasteiger partial charge in [-0.2, -0.15) is 11.8 Å². The number of amides is 1. The number of rotatable bonds is 4. The number of hydrogen-bond donors (Lipinski definition) is 2. The van der Waals surface area contributed by atoms with E-state index in [0.29, 0.717) is 11.9 Å². The fraction of sp³-hybridized carbons (Fsp3) is 0.545. The standard InChI is InChI=1S/C11H16N4OS/c1-17-8-3-2-7(6-8)13-10-5-4-9(11(12)16)14-15-10/h4-5,7-8H,2-3,6H2,1H3,(H2,12,16)(H,13,15). The second kappa shape index (κ2) is 5.35. The van der Waals surface area contributed by atoms with Gasteiger partial charge in [-0.15, -0.1) is 10.2 Å². The van der Waals surface area contributed by atoms with Crippen molar-refractivity contribution >= 4 is 23.5 Å². The van der Waals surface area contributed by atoms with Gasteiger partial charge in [0.05, 0.1) is 0 Å². The summed E-state index contributed by atoms with van der Waals surface area (Å²) in [7, 11) is 0. The van der Waals surface area contributed by atoms with Crippen LogP contribution in [-0.4, -0.2) is 33.7 Å². The average Bonchev–Trinajstić information content (AvgIpc) is 2.77. The SMILES string of the molecule is CSC1CCC(Nc2ccc(C(N)=O)nn2)C1. The van der Waals surface area contributed by atoms with Crippen molar-refractivity contribution in [3.8, 4) is 0 Å². The summed E-state index contributed by atoms with van der Waals surface area (Å²) in [5.74, 6) is 0.161. The summed E-state index contributed by atoms with van der Waals surface area (Å²) in [5.41, 5.74) is 5.30. The number of nitrogens with two attached hydrogens (primary N) is 1. The van der Waals surface area contributed by atoms with Crippen molar-refractivity contribution in [2.45, 2.75) is 30.6 Å². The third-order valence-corrected chi connectivity index (χ3v) is 4.08. The lowest BCUT2D eigenvalue weighted by molar-refractivity contribution is 0.0994. The molecule has 1 fully saturated rings. The van der Waals surface area contributed by atoms with Gasteiger partial charge in [-0.1, -0.05) is 0 Å². The van der Waals surface area contributed by atoms with Crippen molar-refractivity contribution in [1.82, 2.24) is 10.2 Å². The smallest absolute Gasteiger partial charge is 0.269 e. The lowest BCUT2D eigenvalue weighted by atomic mass is 10.2. The van der Waals surface area contributed by atoms with Gasteiger partial charge in [-0.25, -0.2) is 0 Å². The Morgan fingerprint density at radius 1 is 1.47 bits per heavy atom. The van der Waals surface area contributed by atoms with Crippen molar-refractivity contribution in [2.75, 3.05) is 11.6 Å². The maximum Gasteiger partial charge on any atom is 0.269 e. The van der Waals surface area contributed by atoms with E-state index >= 15 is 0 Å². The maximum atomic E-state index is 10.8. The van der Waals surface area contributed by atoms with Crippen LogP contribution >= 0.6 is 11.8 Å². The molecule has 1 heterocycles. The number of nitrogens with one attached hydrogen (secondary N) is 1. The number of primary amides is 1. The van der Waals surface area contributed by atoms with Crippen molar-refractivity contribution in [2.24, 2.45) is 5.73 Å². The molecule has 0 bridgehead atoms. The Labute approximate surface area is 105 Å². The molecule has 1 aromatic rings. The van der Waals surface area contributed by atoms with E-state index in [1.165, 1.54) is 6.42 Å². The van der Waals surface area contributed by atoms with Gasteiger partial charge in [0.2, 0.25) is 0 Å². The zero-order valence-electron chi connectivity index (χ0n) is 9.72. The number of thioether (sulfide) groups is 1. The summed E-state index contributed by atoms with van der Waals surface area (Å²) < 4.78 is 0. The Hall–Kier alpha value is -1.30. The number of carbonyl (C=O) groups excluding carboxylic acids is 1. The topological polar surface area (TPSA) is 80.9 Å². The van der Waals surface area contributed by atoms with Crippen LogP contribution in [0.15, 0.2) is 12.1 Å². The molecule has 6 heteroatoms. The molecular weight excluding hydrogens is 236 g/mol. The first kappa shape index (κ1) is 12.2. The zero-order chi connectivity index (χ0) is 12.3. The largest absolute Gasteiger partial charge is 0.366 e. The molecule has 0 saturated heterocycles. The fourth-order valence-corrected chi connectivity index (χ4v) is 2.83. The molecule has 2 atom stereocenters. The van der Waals surface area contributed by atoms with E-state index in [1.807, 2.05) is 11.8 Å². The minimum atomic E-state index is -0.549. The molecule has 3 N–H and O–H groups in total. The normalized spacial score (nSPS) is 23.6. The lowest BCUT2D eigenvalue weighted by Crippen LogP contribution is -2.18. The van der Waals surface area contributed by atoms with E-state index in [0.717, 1.165) is 18.1 Å². The van der Waals surface area contributed by atoms with E-state index in [9.17, 15) is 4.79 Å². The first-order valence-electron chi connectivity index (χ1n) is 5.62. The quantitative estimate of drug-likeness (QED) is 0.843. The zero-order valence-corrected chi connectivity index (χ0v) is 10.5. The molecule has 92 valence electrons. The summed E-state index contributed by atoms with van der Waals surface area (Å²) in [4.78, 5) is 10.8. The molecular formula is C11H16N4OS. The van der Waals surface area contributed by atoms with Gasteiger partial charge < -0.3 is 11.1 Å². The average molecular weight is 252 g/mol. The van der Waals surface area contributed by atoms with Crippen LogP contribution < -0.4 is 11.1 Å². The lowest BCUT2D eigenvalue weighted by Gasteiger charge is -2.12. The van der Waals surface area contributed by atoms with Crippen LogP contribution in [0.1, 0.15) is 29.8 Å². The summed E-state index contributed by atoms with van der Waals surface area (Å²) >= 11 is 1.92. The maximum absolute atomic E-state index is 10.8. The fourth-order valence-electron chi connectivity index (χ4n) is 2.04. The van der Waals surface area contributed by atoms with Crippen LogP contribution in [0.5, 0.6) is 0 Å². The Morgan fingerprint density at radius 2 is 2.29 bits per heavy atom. The highest BCUT2D eigenvalue weighted by atomic mass is 32.2. The Morgan fingerprint density at radius 3 is 2.82 bits per heavy atom. The molecule has 5 nitrogen and oxygen atoms in total. The second-order valence-corrected chi connectivity index (χ2v) is 5.32. The van der Waals surface area contributed by atoms with Crippen molar-refractivity contribution < 1.29 is 4.79 Å². The van der Waals surface area contributed by atoms with Crippen LogP contribution in [0.25, 0.3) is 0 Å². The first-order chi connectivity index (χ1) is 8.19. The van der Waals surface area contributed by atoms with Gasteiger partial charge >= 0.3 is 0 Å². The Kier molecular flexibility index (Phi) is 3.83. The van der Waals surface area contributed by atoms with Gasteiger partial charge in [-0.05, 0) is 37.7 Å². The summed E-state index contributed by atoms with van der Waals surface area (Å²) in [6.07, 6.45) is 5.70. The Bertz CT molecular complexity index is 395. The first-order valence-corrected chi connectivity index (χ1v) is 6.90. The molecule has 1 aliphatic carbocycles. The third kappa shape index (κ3) is 3.09. The van der Waals surface area contributed by atoms with Gasteiger partial charge in [0, 0.05) is 11.3 Å². The number of nitrogens with zero attached hydrogens (tertiary/aromatic N) is 2. The van der Waals surface area contributed by atoms with E-state index < -0.39 is 5.91 Å². The summed E-state index contributed by atoms with van der Waals surface area (Å²) in [6.45, 7) is 0. The monoisotopic (exact) mass is 252 g/mol. The summed E-state index contributed by atoms with van der Waals surface area (Å²) in [5, 5.41) is 11.8. The predicted molar refractivity (Wildman–Crippen MR) is 69.1 cm³/mol. The van der Waals surface area contributed by atoms with E-state index in [1.54, 1.807) is 12.1 Å². The number of hydrogen-bond acceptors (Lipinski definition) is 5. The number of carbonyl (C=O) groups is 1. The van der Waals surface area contributed by atoms with Crippen molar-refractivity contribution in [1.29, 1.82) is 0 Å². The summed E-state index contributed by atoms with van der Waals surface area (Å²) in [6, 6.07) is 3.80. The van der Waals surface area contributed by atoms with E-state index in [4.69, 9.17) is 5.73 Å². The minimum Gasteiger partial charge on any atom is -0.366 e. The van der Waals surface area contributed by atoms with Gasteiger partial charge in [0.15, 0.2) is 5.69 Å². The van der Waals surface area contributed by atoms with Crippen LogP contribution in [0.2, 0.25) is 0 Å². The van der Waals surface area contributed by atoms with E-state index in [2.05, 4.69) is 21.8 Å². The van der Waals surface area contributed by atoms with Gasteiger partial charge in [0.1, 0.15) is 5.82 Å². The van der Waals surface area contributed by atoms with Crippen LogP contribution in [-0.2, 0) is 0 Å². The molecule has 1 amide bonds. The molecule has 1 saturated carbocycles. The molecule has 1 aliphatic rings. The van der Waals surface area contributed by atoms with Crippen LogP contribution in [0.3, 0.4) is 0 Å². The molecule has 2 rings (SSSR count). The van der Waals surface area contributed by atoms with Crippen molar-refractivity contribution in [3.63, 3.8) is 0 Å². The van der Waals surface area contributed by atoms with E-state index in [-0.39, 0.29) is 5.69 Å². The Balaban J connectivity index is 1.93. The second-order valence-electron chi connectivity index (χ2n) is 4.18. The predicted octanol–water partition coefficient (Wildman–Crippen LogP) is 1.27. The molecule has 0 aliphatic heterocycles. The molecule has 0 aromatic carbocycles. The molecule has 0 spiro atoms. The van der Waals surface area contributed by atoms with Crippen LogP contribution in [0.4, 0.5) is 5.82 Å². The minimum absolute atomic E-state index is 0.198. The van der Waals surface area contributed by atoms with Gasteiger partial charge in [-0.3, -0.25) is 4.79 Å². The van der Waals surface area contributed by atoms with Crippen LogP contribution in [0, 0.1) is 0 Å². The number of aromatic nitrogens is 2. The van der Waals surface area contributed by atoms with Gasteiger partial charge in [0.25, 0.3) is 5.91 Å². The highest BCUT2D eigenvalue weighted by molar-refractivity contribution is 7.99. The third-order valence-electron chi connectivity index (χ3n) is 2.99. The molecule has 2 unspecified atom stereocenters. The molecule has 0 radical (unpaired) electrons. The highest BCUT2D eigenvalue weighted by Crippen LogP contribution is 2.29. The molecule has 1 aromatic heterocycles. The molecule has 17 heavy (non-hydrogen) atoms. The van der Waals surface area contributed by atoms with Crippen molar-refractivity contribution in [3.05, 3.63) is 17.8 Å². The highest BCUT2D eigenvalue weighted by Gasteiger charge is 2.23. The number of anilines is 1.